The summed E-state index contributed by atoms with van der Waals surface area (Å²) in [7, 11) is 0. The molecule has 0 aliphatic carbocycles. The van der Waals surface area contributed by atoms with Gasteiger partial charge < -0.3 is 89.9 Å². The highest BCUT2D eigenvalue weighted by Gasteiger charge is 2.53. The Hall–Kier alpha value is -2.51. The van der Waals surface area contributed by atoms with Crippen LogP contribution in [-0.4, -0.2) is 193 Å². The minimum atomic E-state index is -1.98. The first-order valence-corrected chi connectivity index (χ1v) is 25.5. The van der Waals surface area contributed by atoms with Gasteiger partial charge in [-0.1, -0.05) is 107 Å². The maximum atomic E-state index is 13.2. The molecule has 12 N–H and O–H groups in total. The van der Waals surface area contributed by atoms with Gasteiger partial charge in [0, 0.05) is 6.42 Å². The van der Waals surface area contributed by atoms with Gasteiger partial charge in [0.05, 0.1) is 38.6 Å². The van der Waals surface area contributed by atoms with Crippen LogP contribution in [0.1, 0.15) is 123 Å². The van der Waals surface area contributed by atoms with E-state index in [4.69, 9.17) is 28.4 Å². The van der Waals surface area contributed by atoms with Crippen molar-refractivity contribution in [1.29, 1.82) is 0 Å². The van der Waals surface area contributed by atoms with Crippen molar-refractivity contribution in [3.63, 3.8) is 0 Å². The summed E-state index contributed by atoms with van der Waals surface area (Å²) >= 11 is 0. The summed E-state index contributed by atoms with van der Waals surface area (Å²) in [5, 5.41) is 119. The maximum Gasteiger partial charge on any atom is 0.220 e. The van der Waals surface area contributed by atoms with Crippen LogP contribution in [0.25, 0.3) is 0 Å². The first kappa shape index (κ1) is 61.8. The lowest BCUT2D eigenvalue weighted by molar-refractivity contribution is -0.379. The molecule has 0 bridgehead atoms. The van der Waals surface area contributed by atoms with Gasteiger partial charge in [0.2, 0.25) is 5.91 Å². The van der Waals surface area contributed by atoms with Crippen LogP contribution in [0.4, 0.5) is 0 Å². The quantitative estimate of drug-likeness (QED) is 0.0323. The third kappa shape index (κ3) is 21.1. The molecule has 17 unspecified atom stereocenters. The van der Waals surface area contributed by atoms with Crippen molar-refractivity contribution in [1.82, 2.24) is 5.32 Å². The van der Waals surface area contributed by atoms with Gasteiger partial charge in [0.25, 0.3) is 0 Å². The summed E-state index contributed by atoms with van der Waals surface area (Å²) in [6.45, 7) is 1.47. The SMILES string of the molecule is CC/C=C/CC/C=C/CC/C=C/C(O)C(COC1OC(CO)C(OC2OC(CO)C(OC3OC(CO)C(O)C(O)C3O)C(O)C2O)C(O)C1O)NC(=O)CCCCCCC/C=C\C/C=C\CCCCC. The van der Waals surface area contributed by atoms with Gasteiger partial charge >= 0.3 is 0 Å². The van der Waals surface area contributed by atoms with E-state index in [2.05, 4.69) is 67.8 Å². The van der Waals surface area contributed by atoms with Crippen molar-refractivity contribution in [2.75, 3.05) is 26.4 Å². The Balaban J connectivity index is 1.57. The van der Waals surface area contributed by atoms with E-state index < -0.39 is 124 Å². The summed E-state index contributed by atoms with van der Waals surface area (Å²) in [6.07, 6.45) is 9.57. The molecule has 0 aromatic heterocycles. The van der Waals surface area contributed by atoms with E-state index in [-0.39, 0.29) is 18.9 Å². The molecule has 19 nitrogen and oxygen atoms in total. The molecule has 0 spiro atoms. The molecule has 17 atom stereocenters. The zero-order chi connectivity index (χ0) is 51.3. The number of unbranched alkanes of at least 4 members (excludes halogenated alkanes) is 10. The third-order valence-electron chi connectivity index (χ3n) is 12.5. The first-order chi connectivity index (χ1) is 33.8. The number of amides is 1. The van der Waals surface area contributed by atoms with Crippen molar-refractivity contribution < 1.29 is 89.4 Å². The van der Waals surface area contributed by atoms with Gasteiger partial charge in [-0.2, -0.15) is 0 Å². The van der Waals surface area contributed by atoms with E-state index in [1.54, 1.807) is 12.2 Å². The van der Waals surface area contributed by atoms with Crippen molar-refractivity contribution in [3.8, 4) is 0 Å². The van der Waals surface area contributed by atoms with Crippen LogP contribution in [0.2, 0.25) is 0 Å². The van der Waals surface area contributed by atoms with Crippen molar-refractivity contribution >= 4 is 5.91 Å². The Morgan fingerprint density at radius 1 is 0.529 bits per heavy atom. The van der Waals surface area contributed by atoms with Crippen LogP contribution < -0.4 is 5.32 Å². The molecule has 0 aromatic rings. The van der Waals surface area contributed by atoms with Gasteiger partial charge in [-0.3, -0.25) is 4.79 Å². The zero-order valence-corrected chi connectivity index (χ0v) is 41.2. The van der Waals surface area contributed by atoms with Crippen LogP contribution in [0.3, 0.4) is 0 Å². The number of hydrogen-bond donors (Lipinski definition) is 12. The predicted octanol–water partition coefficient (Wildman–Crippen LogP) is 1.75. The number of aliphatic hydroxyl groups is 11. The molecule has 19 heteroatoms. The predicted molar refractivity (Wildman–Crippen MR) is 258 cm³/mol. The van der Waals surface area contributed by atoms with Gasteiger partial charge in [-0.25, -0.2) is 0 Å². The van der Waals surface area contributed by atoms with Crippen molar-refractivity contribution in [2.24, 2.45) is 0 Å². The molecular weight excluding hydrogens is 915 g/mol. The van der Waals surface area contributed by atoms with E-state index in [0.29, 0.717) is 12.8 Å². The number of rotatable bonds is 34. The minimum Gasteiger partial charge on any atom is -0.394 e. The minimum absolute atomic E-state index is 0.212. The third-order valence-corrected chi connectivity index (χ3v) is 12.5. The molecular formula is C51H87NO18. The Labute approximate surface area is 414 Å². The lowest BCUT2D eigenvalue weighted by atomic mass is 9.96. The number of allylic oxidation sites excluding steroid dienone is 9. The van der Waals surface area contributed by atoms with Crippen LogP contribution in [-0.2, 0) is 33.2 Å². The fourth-order valence-electron chi connectivity index (χ4n) is 8.26. The fraction of sp³-hybridized carbons (Fsp3) is 0.784. The van der Waals surface area contributed by atoms with E-state index in [0.717, 1.165) is 70.6 Å². The molecule has 0 radical (unpaired) electrons. The molecule has 3 heterocycles. The largest absolute Gasteiger partial charge is 0.394 e. The lowest BCUT2D eigenvalue weighted by Gasteiger charge is -2.48. The van der Waals surface area contributed by atoms with Crippen molar-refractivity contribution in [3.05, 3.63) is 60.8 Å². The monoisotopic (exact) mass is 1000 g/mol. The summed E-state index contributed by atoms with van der Waals surface area (Å²) in [4.78, 5) is 13.2. The zero-order valence-electron chi connectivity index (χ0n) is 41.2. The van der Waals surface area contributed by atoms with Gasteiger partial charge in [-0.15, -0.1) is 0 Å². The Kier molecular flexibility index (Phi) is 31.4. The summed E-state index contributed by atoms with van der Waals surface area (Å²) in [6, 6.07) is -1.00. The molecule has 3 rings (SSSR count). The van der Waals surface area contributed by atoms with Gasteiger partial charge in [-0.05, 0) is 70.6 Å². The van der Waals surface area contributed by atoms with Crippen LogP contribution >= 0.6 is 0 Å². The van der Waals surface area contributed by atoms with Gasteiger partial charge in [0.15, 0.2) is 18.9 Å². The highest BCUT2D eigenvalue weighted by atomic mass is 16.8. The van der Waals surface area contributed by atoms with E-state index in [1.807, 2.05) is 0 Å². The summed E-state index contributed by atoms with van der Waals surface area (Å²) in [5.41, 5.74) is 0. The molecule has 1 amide bonds. The highest BCUT2D eigenvalue weighted by Crippen LogP contribution is 2.33. The Morgan fingerprint density at radius 2 is 1.00 bits per heavy atom. The molecule has 3 saturated heterocycles. The standard InChI is InChI=1S/C51H87NO18/c1-3-5-7-9-11-13-15-16-17-18-19-21-23-25-27-29-39(57)52-34(35(56)28-26-24-22-20-14-12-10-8-6-4-2)33-65-49-45(63)42(60)47(37(31-54)67-49)70-51-46(64)43(61)48(38(32-55)68-51)69-50-44(62)41(59)40(58)36(30-53)66-50/h6,8,11,13-14,16-17,20,26,28,34-38,40-51,53-56,58-64H,3-5,7,9-10,12,15,18-19,21-25,27,29-33H2,1-2H3,(H,52,57)/b8-6+,13-11-,17-16-,20-14+,28-26+. The molecule has 0 aromatic carbocycles. The second-order valence-corrected chi connectivity index (χ2v) is 18.2. The van der Waals surface area contributed by atoms with Crippen molar-refractivity contribution in [2.45, 2.75) is 227 Å². The van der Waals surface area contributed by atoms with E-state index >= 15 is 0 Å². The van der Waals surface area contributed by atoms with Crippen LogP contribution in [0.5, 0.6) is 0 Å². The fourth-order valence-corrected chi connectivity index (χ4v) is 8.26. The average Bonchev–Trinajstić information content (AvgIpc) is 3.35. The molecule has 3 aliphatic heterocycles. The highest BCUT2D eigenvalue weighted by molar-refractivity contribution is 5.76. The van der Waals surface area contributed by atoms with Crippen LogP contribution in [0.15, 0.2) is 60.8 Å². The molecule has 70 heavy (non-hydrogen) atoms. The number of carbonyl (C=O) groups is 1. The summed E-state index contributed by atoms with van der Waals surface area (Å²) in [5.74, 6) is -0.311. The van der Waals surface area contributed by atoms with Crippen LogP contribution in [0, 0.1) is 0 Å². The normalized spacial score (nSPS) is 33.1. The molecule has 0 saturated carbocycles. The van der Waals surface area contributed by atoms with Gasteiger partial charge in [0.1, 0.15) is 73.2 Å². The Morgan fingerprint density at radius 3 is 1.57 bits per heavy atom. The maximum absolute atomic E-state index is 13.2. The topological polar surface area (TPSA) is 307 Å². The lowest BCUT2D eigenvalue weighted by Crippen LogP contribution is -2.66. The van der Waals surface area contributed by atoms with E-state index in [9.17, 15) is 61.0 Å². The smallest absolute Gasteiger partial charge is 0.220 e. The molecule has 404 valence electrons. The second kappa shape index (κ2) is 35.6. The Bertz CT molecular complexity index is 1530. The number of aliphatic hydroxyl groups excluding tert-OH is 11. The number of hydrogen-bond acceptors (Lipinski definition) is 18. The number of nitrogens with one attached hydrogen (secondary N) is 1. The second-order valence-electron chi connectivity index (χ2n) is 18.2. The molecule has 3 aliphatic rings. The average molecular weight is 1000 g/mol. The number of ether oxygens (including phenoxy) is 6. The van der Waals surface area contributed by atoms with E-state index in [1.165, 1.54) is 19.3 Å². The first-order valence-electron chi connectivity index (χ1n) is 25.5. The number of carbonyl (C=O) groups excluding carboxylic acids is 1. The summed E-state index contributed by atoms with van der Waals surface area (Å²) < 4.78 is 34.0. The molecule has 3 fully saturated rings.